The second-order valence-electron chi connectivity index (χ2n) is 6.15. The zero-order valence-corrected chi connectivity index (χ0v) is 15.7. The standard InChI is InChI=1S/C13H32O3Si2/c1-11(2)18(12(3)4,13(5)6)16-10-17(9,14-7)15-8/h11-13H,10H2,1-9H3. The summed E-state index contributed by atoms with van der Waals surface area (Å²) in [5.74, 6) is 0. The van der Waals surface area contributed by atoms with Crippen LogP contribution in [0.15, 0.2) is 0 Å². The zero-order valence-electron chi connectivity index (χ0n) is 13.7. The number of hydrogen-bond acceptors (Lipinski definition) is 3. The average molecular weight is 293 g/mol. The third kappa shape index (κ3) is 3.90. The minimum atomic E-state index is -2.13. The van der Waals surface area contributed by atoms with E-state index in [1.165, 1.54) is 0 Å². The SMILES string of the molecule is CO[Si](C)(CO[Si](C(C)C)(C(C)C)C(C)C)OC. The molecule has 0 saturated carbocycles. The Bertz CT molecular complexity index is 217. The molecule has 0 N–H and O–H groups in total. The van der Waals surface area contributed by atoms with Gasteiger partial charge in [0, 0.05) is 14.2 Å². The molecule has 0 amide bonds. The normalized spacial score (nSPS) is 14.0. The van der Waals surface area contributed by atoms with Gasteiger partial charge in [-0.15, -0.1) is 0 Å². The molecular formula is C13H32O3Si2. The topological polar surface area (TPSA) is 27.7 Å². The van der Waals surface area contributed by atoms with Crippen molar-refractivity contribution in [3.05, 3.63) is 0 Å². The van der Waals surface area contributed by atoms with Gasteiger partial charge in [-0.2, -0.15) is 0 Å². The van der Waals surface area contributed by atoms with Crippen molar-refractivity contribution < 1.29 is 13.3 Å². The Balaban J connectivity index is 5.02. The molecule has 0 rings (SSSR count). The molecule has 0 aliphatic heterocycles. The summed E-state index contributed by atoms with van der Waals surface area (Å²) >= 11 is 0. The van der Waals surface area contributed by atoms with Gasteiger partial charge in [0.15, 0.2) is 8.32 Å². The molecular weight excluding hydrogens is 260 g/mol. The van der Waals surface area contributed by atoms with Crippen LogP contribution in [-0.4, -0.2) is 37.3 Å². The van der Waals surface area contributed by atoms with Crippen LogP contribution < -0.4 is 0 Å². The lowest BCUT2D eigenvalue weighted by Crippen LogP contribution is -2.53. The summed E-state index contributed by atoms with van der Waals surface area (Å²) < 4.78 is 17.6. The monoisotopic (exact) mass is 292 g/mol. The Hall–Kier alpha value is 0.314. The van der Waals surface area contributed by atoms with Crippen LogP contribution in [0.2, 0.25) is 23.2 Å². The maximum atomic E-state index is 6.51. The molecule has 0 spiro atoms. The number of hydrogen-bond donors (Lipinski definition) is 0. The lowest BCUT2D eigenvalue weighted by molar-refractivity contribution is 0.202. The largest absolute Gasteiger partial charge is 0.414 e. The van der Waals surface area contributed by atoms with E-state index in [2.05, 4.69) is 48.1 Å². The van der Waals surface area contributed by atoms with Crippen molar-refractivity contribution in [2.24, 2.45) is 0 Å². The van der Waals surface area contributed by atoms with E-state index in [1.54, 1.807) is 14.2 Å². The fourth-order valence-corrected chi connectivity index (χ4v) is 10.4. The molecule has 0 aromatic carbocycles. The van der Waals surface area contributed by atoms with E-state index in [1.807, 2.05) is 0 Å². The van der Waals surface area contributed by atoms with Crippen molar-refractivity contribution >= 4 is 16.9 Å². The summed E-state index contributed by atoms with van der Waals surface area (Å²) in [6.07, 6.45) is 0.640. The summed E-state index contributed by atoms with van der Waals surface area (Å²) in [4.78, 5) is 0. The van der Waals surface area contributed by atoms with Gasteiger partial charge < -0.3 is 13.3 Å². The van der Waals surface area contributed by atoms with Crippen LogP contribution >= 0.6 is 0 Å². The third-order valence-electron chi connectivity index (χ3n) is 4.16. The van der Waals surface area contributed by atoms with Crippen molar-refractivity contribution in [1.82, 2.24) is 0 Å². The van der Waals surface area contributed by atoms with E-state index in [0.717, 1.165) is 0 Å². The minimum Gasteiger partial charge on any atom is -0.414 e. The second kappa shape index (κ2) is 7.19. The Labute approximate surface area is 116 Å². The summed E-state index contributed by atoms with van der Waals surface area (Å²) in [6.45, 7) is 15.8. The predicted octanol–water partition coefficient (Wildman–Crippen LogP) is 4.08. The molecule has 0 aromatic heterocycles. The van der Waals surface area contributed by atoms with E-state index in [9.17, 15) is 0 Å². The van der Waals surface area contributed by atoms with Gasteiger partial charge in [0.1, 0.15) is 0 Å². The van der Waals surface area contributed by atoms with E-state index in [0.29, 0.717) is 22.9 Å². The molecule has 0 aliphatic carbocycles. The fourth-order valence-electron chi connectivity index (χ4n) is 2.96. The lowest BCUT2D eigenvalue weighted by atomic mass is 10.5. The van der Waals surface area contributed by atoms with Gasteiger partial charge in [-0.05, 0) is 23.2 Å². The Morgan fingerprint density at radius 3 is 1.33 bits per heavy atom. The Morgan fingerprint density at radius 2 is 1.11 bits per heavy atom. The second-order valence-corrected chi connectivity index (χ2v) is 15.0. The van der Waals surface area contributed by atoms with Gasteiger partial charge >= 0.3 is 8.56 Å². The first kappa shape index (κ1) is 18.3. The molecule has 0 bridgehead atoms. The highest BCUT2D eigenvalue weighted by atomic mass is 28.4. The Kier molecular flexibility index (Phi) is 7.32. The van der Waals surface area contributed by atoms with Crippen LogP contribution in [0.3, 0.4) is 0 Å². The molecule has 0 saturated heterocycles. The average Bonchev–Trinajstić information content (AvgIpc) is 2.28. The number of rotatable bonds is 8. The highest BCUT2D eigenvalue weighted by molar-refractivity contribution is 6.78. The molecule has 0 atom stereocenters. The van der Waals surface area contributed by atoms with Crippen molar-refractivity contribution in [2.75, 3.05) is 20.4 Å². The van der Waals surface area contributed by atoms with Crippen molar-refractivity contribution in [3.8, 4) is 0 Å². The van der Waals surface area contributed by atoms with E-state index in [4.69, 9.17) is 13.3 Å². The quantitative estimate of drug-likeness (QED) is 0.631. The first-order valence-corrected chi connectivity index (χ1v) is 11.6. The van der Waals surface area contributed by atoms with E-state index >= 15 is 0 Å². The van der Waals surface area contributed by atoms with Crippen LogP contribution in [0.25, 0.3) is 0 Å². The summed E-state index contributed by atoms with van der Waals surface area (Å²) in [7, 11) is -0.478. The van der Waals surface area contributed by atoms with Gasteiger partial charge in [0.05, 0.1) is 6.23 Å². The Morgan fingerprint density at radius 1 is 0.778 bits per heavy atom. The molecule has 0 fully saturated rings. The van der Waals surface area contributed by atoms with Crippen LogP contribution in [0.4, 0.5) is 0 Å². The van der Waals surface area contributed by atoms with Crippen molar-refractivity contribution in [3.63, 3.8) is 0 Å². The van der Waals surface area contributed by atoms with E-state index in [-0.39, 0.29) is 0 Å². The van der Waals surface area contributed by atoms with Crippen molar-refractivity contribution in [1.29, 1.82) is 0 Å². The molecule has 3 nitrogen and oxygen atoms in total. The third-order valence-corrected chi connectivity index (χ3v) is 12.9. The predicted molar refractivity (Wildman–Crippen MR) is 82.6 cm³/mol. The smallest absolute Gasteiger partial charge is 0.359 e. The van der Waals surface area contributed by atoms with Gasteiger partial charge in [-0.25, -0.2) is 0 Å². The van der Waals surface area contributed by atoms with Crippen LogP contribution in [-0.2, 0) is 13.3 Å². The van der Waals surface area contributed by atoms with Gasteiger partial charge in [0.25, 0.3) is 0 Å². The molecule has 110 valence electrons. The lowest BCUT2D eigenvalue weighted by Gasteiger charge is -2.43. The highest BCUT2D eigenvalue weighted by Gasteiger charge is 2.47. The molecule has 0 aromatic rings. The van der Waals surface area contributed by atoms with Gasteiger partial charge in [0.2, 0.25) is 0 Å². The first-order chi connectivity index (χ1) is 8.16. The van der Waals surface area contributed by atoms with Crippen LogP contribution in [0, 0.1) is 0 Å². The zero-order chi connectivity index (χ0) is 14.6. The molecule has 0 heterocycles. The first-order valence-electron chi connectivity index (χ1n) is 6.90. The maximum absolute atomic E-state index is 6.51. The highest BCUT2D eigenvalue weighted by Crippen LogP contribution is 2.42. The molecule has 0 unspecified atom stereocenters. The van der Waals surface area contributed by atoms with Gasteiger partial charge in [-0.3, -0.25) is 0 Å². The molecule has 18 heavy (non-hydrogen) atoms. The van der Waals surface area contributed by atoms with Crippen molar-refractivity contribution in [2.45, 2.75) is 64.7 Å². The summed E-state index contributed by atoms with van der Waals surface area (Å²) in [5, 5.41) is 0. The summed E-state index contributed by atoms with van der Waals surface area (Å²) in [5.41, 5.74) is 1.80. The van der Waals surface area contributed by atoms with E-state index < -0.39 is 16.9 Å². The maximum Gasteiger partial charge on any atom is 0.359 e. The van der Waals surface area contributed by atoms with Crippen LogP contribution in [0.1, 0.15) is 41.5 Å². The minimum absolute atomic E-state index is 0.601. The summed E-state index contributed by atoms with van der Waals surface area (Å²) in [6, 6.07) is 0. The molecule has 5 heteroatoms. The van der Waals surface area contributed by atoms with Gasteiger partial charge in [-0.1, -0.05) is 41.5 Å². The fraction of sp³-hybridized carbons (Fsp3) is 1.00. The van der Waals surface area contributed by atoms with Crippen LogP contribution in [0.5, 0.6) is 0 Å². The molecule has 0 radical (unpaired) electrons. The molecule has 0 aliphatic rings.